The fourth-order valence-corrected chi connectivity index (χ4v) is 1.95. The van der Waals surface area contributed by atoms with E-state index in [1.165, 1.54) is 13.2 Å². The second-order valence-electron chi connectivity index (χ2n) is 4.94. The molecule has 0 aliphatic rings. The number of para-hydroxylation sites is 2. The average Bonchev–Trinajstić information content (AvgIpc) is 2.59. The Hall–Kier alpha value is -2.97. The molecule has 0 radical (unpaired) electrons. The van der Waals surface area contributed by atoms with Gasteiger partial charge in [-0.15, -0.1) is 0 Å². The molecule has 2 amide bonds. The summed E-state index contributed by atoms with van der Waals surface area (Å²) in [5.41, 5.74) is -0.285. The molecule has 0 spiro atoms. The van der Waals surface area contributed by atoms with Gasteiger partial charge in [0.15, 0.2) is 0 Å². The van der Waals surface area contributed by atoms with Crippen LogP contribution in [0.5, 0.6) is 5.75 Å². The zero-order valence-electron chi connectivity index (χ0n) is 13.4. The number of pyridine rings is 1. The third-order valence-electron chi connectivity index (χ3n) is 3.16. The number of halogens is 3. The number of rotatable bonds is 6. The van der Waals surface area contributed by atoms with Gasteiger partial charge in [0, 0.05) is 19.3 Å². The SMILES string of the molecule is COc1ccccc1NC(=O)NCCNc1ccc(C(F)(F)F)cn1. The minimum absolute atomic E-state index is 0.254. The molecule has 6 nitrogen and oxygen atoms in total. The highest BCUT2D eigenvalue weighted by atomic mass is 19.4. The van der Waals surface area contributed by atoms with Crippen LogP contribution in [0, 0.1) is 0 Å². The van der Waals surface area contributed by atoms with Crippen LogP contribution in [0.15, 0.2) is 42.6 Å². The monoisotopic (exact) mass is 354 g/mol. The summed E-state index contributed by atoms with van der Waals surface area (Å²) in [7, 11) is 1.50. The Morgan fingerprint density at radius 1 is 1.16 bits per heavy atom. The first-order valence-corrected chi connectivity index (χ1v) is 7.35. The van der Waals surface area contributed by atoms with Gasteiger partial charge in [-0.3, -0.25) is 0 Å². The van der Waals surface area contributed by atoms with Gasteiger partial charge in [-0.1, -0.05) is 12.1 Å². The highest BCUT2D eigenvalue weighted by Gasteiger charge is 2.30. The summed E-state index contributed by atoms with van der Waals surface area (Å²) in [6.07, 6.45) is -3.66. The van der Waals surface area contributed by atoms with Gasteiger partial charge in [-0.25, -0.2) is 9.78 Å². The van der Waals surface area contributed by atoms with Gasteiger partial charge in [0.25, 0.3) is 0 Å². The second-order valence-corrected chi connectivity index (χ2v) is 4.94. The molecule has 0 fully saturated rings. The van der Waals surface area contributed by atoms with Crippen molar-refractivity contribution in [1.82, 2.24) is 10.3 Å². The van der Waals surface area contributed by atoms with Crippen LogP contribution in [0.25, 0.3) is 0 Å². The zero-order valence-corrected chi connectivity index (χ0v) is 13.4. The number of alkyl halides is 3. The molecule has 0 atom stereocenters. The number of carbonyl (C=O) groups is 1. The maximum atomic E-state index is 12.4. The van der Waals surface area contributed by atoms with Crippen LogP contribution in [0.2, 0.25) is 0 Å². The van der Waals surface area contributed by atoms with Gasteiger partial charge in [0.05, 0.1) is 18.4 Å². The number of nitrogens with one attached hydrogen (secondary N) is 3. The van der Waals surface area contributed by atoms with Crippen LogP contribution in [0.1, 0.15) is 5.56 Å². The molecule has 0 saturated carbocycles. The van der Waals surface area contributed by atoms with E-state index in [9.17, 15) is 18.0 Å². The van der Waals surface area contributed by atoms with Gasteiger partial charge in [0.2, 0.25) is 0 Å². The van der Waals surface area contributed by atoms with Crippen molar-refractivity contribution in [2.24, 2.45) is 0 Å². The quantitative estimate of drug-likeness (QED) is 0.696. The standard InChI is InChI=1S/C16H17F3N4O2/c1-25-13-5-3-2-4-12(13)23-15(24)21-9-8-20-14-7-6-11(10-22-14)16(17,18)19/h2-7,10H,8-9H2,1H3,(H,20,22)(H2,21,23,24). The first-order valence-electron chi connectivity index (χ1n) is 7.35. The van der Waals surface area contributed by atoms with E-state index in [0.717, 1.165) is 12.3 Å². The lowest BCUT2D eigenvalue weighted by atomic mass is 10.3. The van der Waals surface area contributed by atoms with Gasteiger partial charge in [0.1, 0.15) is 11.6 Å². The van der Waals surface area contributed by atoms with Crippen molar-refractivity contribution < 1.29 is 22.7 Å². The van der Waals surface area contributed by atoms with E-state index in [4.69, 9.17) is 4.74 Å². The largest absolute Gasteiger partial charge is 0.495 e. The number of ether oxygens (including phenoxy) is 1. The third-order valence-corrected chi connectivity index (χ3v) is 3.16. The Kier molecular flexibility index (Phi) is 6.04. The molecule has 134 valence electrons. The number of hydrogen-bond donors (Lipinski definition) is 3. The van der Waals surface area contributed by atoms with Crippen LogP contribution >= 0.6 is 0 Å². The minimum Gasteiger partial charge on any atom is -0.495 e. The fraction of sp³-hybridized carbons (Fsp3) is 0.250. The number of aromatic nitrogens is 1. The van der Waals surface area contributed by atoms with E-state index in [0.29, 0.717) is 23.8 Å². The molecule has 2 rings (SSSR count). The van der Waals surface area contributed by atoms with Gasteiger partial charge < -0.3 is 20.7 Å². The van der Waals surface area contributed by atoms with Crippen molar-refractivity contribution >= 4 is 17.5 Å². The molecule has 0 saturated heterocycles. The van der Waals surface area contributed by atoms with Crippen molar-refractivity contribution in [2.45, 2.75) is 6.18 Å². The lowest BCUT2D eigenvalue weighted by Gasteiger charge is -2.11. The predicted octanol–water partition coefficient (Wildman–Crippen LogP) is 3.34. The van der Waals surface area contributed by atoms with E-state index in [-0.39, 0.29) is 6.54 Å². The highest BCUT2D eigenvalue weighted by Crippen LogP contribution is 2.28. The molecule has 0 unspecified atom stereocenters. The zero-order chi connectivity index (χ0) is 18.3. The number of urea groups is 1. The lowest BCUT2D eigenvalue weighted by Crippen LogP contribution is -2.32. The summed E-state index contributed by atoms with van der Waals surface area (Å²) < 4.78 is 42.4. The van der Waals surface area contributed by atoms with Gasteiger partial charge in [-0.05, 0) is 24.3 Å². The molecule has 0 aliphatic carbocycles. The van der Waals surface area contributed by atoms with Crippen molar-refractivity contribution in [1.29, 1.82) is 0 Å². The van der Waals surface area contributed by atoms with E-state index < -0.39 is 17.8 Å². The third kappa shape index (κ3) is 5.55. The molecule has 2 aromatic rings. The molecule has 1 aromatic carbocycles. The molecular formula is C16H17F3N4O2. The molecule has 0 aliphatic heterocycles. The van der Waals surface area contributed by atoms with Crippen LogP contribution < -0.4 is 20.7 Å². The molecule has 25 heavy (non-hydrogen) atoms. The summed E-state index contributed by atoms with van der Waals surface area (Å²) in [5, 5.41) is 8.07. The Bertz CT molecular complexity index is 705. The smallest absolute Gasteiger partial charge is 0.417 e. The summed E-state index contributed by atoms with van der Waals surface area (Å²) >= 11 is 0. The van der Waals surface area contributed by atoms with E-state index >= 15 is 0 Å². The normalized spacial score (nSPS) is 10.9. The Balaban J connectivity index is 1.74. The van der Waals surface area contributed by atoms with Crippen LogP contribution in [-0.4, -0.2) is 31.2 Å². The minimum atomic E-state index is -4.41. The molecule has 1 heterocycles. The predicted molar refractivity (Wildman–Crippen MR) is 87.7 cm³/mol. The summed E-state index contributed by atoms with van der Waals surface area (Å²) in [4.78, 5) is 15.5. The second kappa shape index (κ2) is 8.22. The van der Waals surface area contributed by atoms with E-state index in [1.807, 2.05) is 0 Å². The molecule has 0 bridgehead atoms. The van der Waals surface area contributed by atoms with Crippen molar-refractivity contribution in [2.75, 3.05) is 30.8 Å². The number of anilines is 2. The van der Waals surface area contributed by atoms with Crippen LogP contribution in [0.4, 0.5) is 29.5 Å². The first-order chi connectivity index (χ1) is 11.9. The Morgan fingerprint density at radius 3 is 2.56 bits per heavy atom. The lowest BCUT2D eigenvalue weighted by molar-refractivity contribution is -0.137. The number of benzene rings is 1. The van der Waals surface area contributed by atoms with Crippen molar-refractivity contribution in [3.05, 3.63) is 48.2 Å². The number of carbonyl (C=O) groups excluding carboxylic acids is 1. The Labute approximate surface area is 142 Å². The number of amides is 2. The molecule has 1 aromatic heterocycles. The summed E-state index contributed by atoms with van der Waals surface area (Å²) in [5.74, 6) is 0.824. The maximum Gasteiger partial charge on any atom is 0.417 e. The van der Waals surface area contributed by atoms with E-state index in [1.54, 1.807) is 24.3 Å². The summed E-state index contributed by atoms with van der Waals surface area (Å²) in [6, 6.07) is 8.70. The number of methoxy groups -OCH3 is 1. The molecular weight excluding hydrogens is 337 g/mol. The van der Waals surface area contributed by atoms with Crippen molar-refractivity contribution in [3.8, 4) is 5.75 Å². The fourth-order valence-electron chi connectivity index (χ4n) is 1.95. The average molecular weight is 354 g/mol. The summed E-state index contributed by atoms with van der Waals surface area (Å²) in [6.45, 7) is 0.557. The number of nitrogens with zero attached hydrogens (tertiary/aromatic N) is 1. The van der Waals surface area contributed by atoms with Crippen LogP contribution in [0.3, 0.4) is 0 Å². The van der Waals surface area contributed by atoms with Gasteiger partial charge >= 0.3 is 12.2 Å². The molecule has 3 N–H and O–H groups in total. The molecule has 9 heteroatoms. The first kappa shape index (κ1) is 18.4. The number of hydrogen-bond acceptors (Lipinski definition) is 4. The topological polar surface area (TPSA) is 75.3 Å². The highest BCUT2D eigenvalue weighted by molar-refractivity contribution is 5.90. The van der Waals surface area contributed by atoms with Gasteiger partial charge in [-0.2, -0.15) is 13.2 Å². The van der Waals surface area contributed by atoms with Crippen molar-refractivity contribution in [3.63, 3.8) is 0 Å². The Morgan fingerprint density at radius 2 is 1.92 bits per heavy atom. The van der Waals surface area contributed by atoms with E-state index in [2.05, 4.69) is 20.9 Å². The van der Waals surface area contributed by atoms with Crippen LogP contribution in [-0.2, 0) is 6.18 Å². The maximum absolute atomic E-state index is 12.4.